The summed E-state index contributed by atoms with van der Waals surface area (Å²) in [6, 6.07) is 7.47. The van der Waals surface area contributed by atoms with Crippen molar-refractivity contribution in [2.45, 2.75) is 30.7 Å². The molecule has 1 fully saturated rings. The first-order valence-corrected chi connectivity index (χ1v) is 7.78. The van der Waals surface area contributed by atoms with Gasteiger partial charge in [0, 0.05) is 19.1 Å². The molecule has 0 amide bonds. The Bertz CT molecular complexity index is 496. The second-order valence-corrected chi connectivity index (χ2v) is 6.57. The predicted octanol–water partition coefficient (Wildman–Crippen LogP) is 1.23. The molecule has 1 N–H and O–H groups in total. The number of likely N-dealkylation sites (N-methyl/N-ethyl adjacent to an activating group) is 1. The van der Waals surface area contributed by atoms with Crippen LogP contribution < -0.4 is 5.32 Å². The molecule has 1 unspecified atom stereocenters. The third kappa shape index (κ3) is 2.58. The Hall–Kier alpha value is -0.910. The lowest BCUT2D eigenvalue weighted by Crippen LogP contribution is -2.33. The van der Waals surface area contributed by atoms with Crippen LogP contribution in [0, 0.1) is 0 Å². The van der Waals surface area contributed by atoms with Gasteiger partial charge in [0.25, 0.3) is 0 Å². The second kappa shape index (κ2) is 5.38. The van der Waals surface area contributed by atoms with E-state index in [1.54, 1.807) is 16.4 Å². The van der Waals surface area contributed by atoms with E-state index in [1.807, 2.05) is 19.2 Å². The molecule has 0 aromatic heterocycles. The van der Waals surface area contributed by atoms with Crippen molar-refractivity contribution in [2.75, 3.05) is 20.1 Å². The van der Waals surface area contributed by atoms with Crippen LogP contribution in [-0.2, 0) is 16.4 Å². The van der Waals surface area contributed by atoms with E-state index < -0.39 is 10.0 Å². The molecule has 4 nitrogen and oxygen atoms in total. The number of nitrogens with zero attached hydrogens (tertiary/aromatic N) is 1. The van der Waals surface area contributed by atoms with E-state index >= 15 is 0 Å². The summed E-state index contributed by atoms with van der Waals surface area (Å²) in [4.78, 5) is 0.399. The van der Waals surface area contributed by atoms with E-state index in [-0.39, 0.29) is 6.04 Å². The second-order valence-electron chi connectivity index (χ2n) is 4.63. The van der Waals surface area contributed by atoms with Gasteiger partial charge in [0.15, 0.2) is 0 Å². The van der Waals surface area contributed by atoms with Crippen LogP contribution in [0.1, 0.15) is 18.9 Å². The Morgan fingerprint density at radius 2 is 2.00 bits per heavy atom. The van der Waals surface area contributed by atoms with E-state index in [0.717, 1.165) is 18.4 Å². The van der Waals surface area contributed by atoms with Gasteiger partial charge >= 0.3 is 0 Å². The fourth-order valence-corrected chi connectivity index (χ4v) is 3.73. The number of hydrogen-bond donors (Lipinski definition) is 1. The third-order valence-corrected chi connectivity index (χ3v) is 5.41. The van der Waals surface area contributed by atoms with Crippen LogP contribution in [-0.4, -0.2) is 38.9 Å². The monoisotopic (exact) mass is 268 g/mol. The van der Waals surface area contributed by atoms with Crippen molar-refractivity contribution in [3.63, 3.8) is 0 Å². The lowest BCUT2D eigenvalue weighted by Gasteiger charge is -2.16. The number of sulfonamides is 1. The first-order chi connectivity index (χ1) is 8.57. The van der Waals surface area contributed by atoms with Crippen molar-refractivity contribution in [1.29, 1.82) is 0 Å². The smallest absolute Gasteiger partial charge is 0.243 e. The standard InChI is InChI=1S/C13H20N2O2S/c1-3-11-4-6-13(7-5-11)18(16,17)15-9-8-12(10-15)14-2/h4-7,12,14H,3,8-10H2,1-2H3. The van der Waals surface area contributed by atoms with Gasteiger partial charge in [0.1, 0.15) is 0 Å². The van der Waals surface area contributed by atoms with Crippen molar-refractivity contribution >= 4 is 10.0 Å². The number of aryl methyl sites for hydroxylation is 1. The molecule has 1 aliphatic rings. The molecule has 1 aliphatic heterocycles. The van der Waals surface area contributed by atoms with E-state index in [4.69, 9.17) is 0 Å². The van der Waals surface area contributed by atoms with Gasteiger partial charge in [-0.1, -0.05) is 19.1 Å². The summed E-state index contributed by atoms with van der Waals surface area (Å²) < 4.78 is 26.4. The SMILES string of the molecule is CCc1ccc(S(=O)(=O)N2CCC(NC)C2)cc1. The van der Waals surface area contributed by atoms with Crippen LogP contribution in [0.5, 0.6) is 0 Å². The van der Waals surface area contributed by atoms with Crippen molar-refractivity contribution in [3.8, 4) is 0 Å². The highest BCUT2D eigenvalue weighted by Gasteiger charge is 2.31. The van der Waals surface area contributed by atoms with Crippen molar-refractivity contribution in [3.05, 3.63) is 29.8 Å². The Balaban J connectivity index is 2.20. The zero-order valence-corrected chi connectivity index (χ0v) is 11.7. The predicted molar refractivity (Wildman–Crippen MR) is 72.0 cm³/mol. The maximum atomic E-state index is 12.4. The summed E-state index contributed by atoms with van der Waals surface area (Å²) in [6.07, 6.45) is 1.80. The Kier molecular flexibility index (Phi) is 4.04. The minimum atomic E-state index is -3.31. The van der Waals surface area contributed by atoms with Gasteiger partial charge in [-0.2, -0.15) is 4.31 Å². The fraction of sp³-hybridized carbons (Fsp3) is 0.538. The molecule has 0 radical (unpaired) electrons. The van der Waals surface area contributed by atoms with Gasteiger partial charge in [0.2, 0.25) is 10.0 Å². The molecule has 0 bridgehead atoms. The van der Waals surface area contributed by atoms with Gasteiger partial charge in [-0.15, -0.1) is 0 Å². The average Bonchev–Trinajstić information content (AvgIpc) is 2.88. The Morgan fingerprint density at radius 1 is 1.33 bits per heavy atom. The molecule has 1 aromatic carbocycles. The van der Waals surface area contributed by atoms with E-state index in [1.165, 1.54) is 0 Å². The van der Waals surface area contributed by atoms with Crippen LogP contribution in [0.4, 0.5) is 0 Å². The normalized spacial score (nSPS) is 21.3. The lowest BCUT2D eigenvalue weighted by molar-refractivity contribution is 0.464. The molecule has 18 heavy (non-hydrogen) atoms. The van der Waals surface area contributed by atoms with Crippen LogP contribution >= 0.6 is 0 Å². The summed E-state index contributed by atoms with van der Waals surface area (Å²) in [5, 5.41) is 3.13. The summed E-state index contributed by atoms with van der Waals surface area (Å²) in [7, 11) is -1.44. The topological polar surface area (TPSA) is 49.4 Å². The first kappa shape index (κ1) is 13.5. The van der Waals surface area contributed by atoms with Crippen LogP contribution in [0.2, 0.25) is 0 Å². The highest BCUT2D eigenvalue weighted by atomic mass is 32.2. The minimum Gasteiger partial charge on any atom is -0.316 e. The molecule has 100 valence electrons. The number of benzene rings is 1. The zero-order valence-electron chi connectivity index (χ0n) is 10.9. The van der Waals surface area contributed by atoms with Crippen LogP contribution in [0.15, 0.2) is 29.2 Å². The fourth-order valence-electron chi connectivity index (χ4n) is 2.23. The Labute approximate surface area is 109 Å². The minimum absolute atomic E-state index is 0.273. The molecule has 1 atom stereocenters. The summed E-state index contributed by atoms with van der Waals surface area (Å²) in [5.41, 5.74) is 1.16. The maximum Gasteiger partial charge on any atom is 0.243 e. The van der Waals surface area contributed by atoms with Crippen molar-refractivity contribution in [2.24, 2.45) is 0 Å². The summed E-state index contributed by atoms with van der Waals surface area (Å²) >= 11 is 0. The zero-order chi connectivity index (χ0) is 13.2. The van der Waals surface area contributed by atoms with Crippen LogP contribution in [0.3, 0.4) is 0 Å². The molecule has 1 heterocycles. The molecular weight excluding hydrogens is 248 g/mol. The average molecular weight is 268 g/mol. The number of nitrogens with one attached hydrogen (secondary N) is 1. The maximum absolute atomic E-state index is 12.4. The highest BCUT2D eigenvalue weighted by Crippen LogP contribution is 2.21. The summed E-state index contributed by atoms with van der Waals surface area (Å²) in [6.45, 7) is 3.22. The molecule has 0 saturated carbocycles. The van der Waals surface area contributed by atoms with Gasteiger partial charge in [-0.25, -0.2) is 8.42 Å². The molecule has 1 saturated heterocycles. The lowest BCUT2D eigenvalue weighted by atomic mass is 10.2. The van der Waals surface area contributed by atoms with E-state index in [9.17, 15) is 8.42 Å². The molecule has 2 rings (SSSR count). The third-order valence-electron chi connectivity index (χ3n) is 3.53. The van der Waals surface area contributed by atoms with Crippen molar-refractivity contribution < 1.29 is 8.42 Å². The van der Waals surface area contributed by atoms with Gasteiger partial charge in [0.05, 0.1) is 4.90 Å². The van der Waals surface area contributed by atoms with Crippen molar-refractivity contribution in [1.82, 2.24) is 9.62 Å². The van der Waals surface area contributed by atoms with Gasteiger partial charge < -0.3 is 5.32 Å². The van der Waals surface area contributed by atoms with E-state index in [2.05, 4.69) is 12.2 Å². The van der Waals surface area contributed by atoms with Gasteiger partial charge in [-0.05, 0) is 37.6 Å². The highest BCUT2D eigenvalue weighted by molar-refractivity contribution is 7.89. The molecule has 1 aromatic rings. The van der Waals surface area contributed by atoms with E-state index in [0.29, 0.717) is 18.0 Å². The molecule has 0 spiro atoms. The first-order valence-electron chi connectivity index (χ1n) is 6.34. The Morgan fingerprint density at radius 3 is 2.50 bits per heavy atom. The largest absolute Gasteiger partial charge is 0.316 e. The molecular formula is C13H20N2O2S. The molecule has 0 aliphatic carbocycles. The summed E-state index contributed by atoms with van der Waals surface area (Å²) in [5.74, 6) is 0. The van der Waals surface area contributed by atoms with Gasteiger partial charge in [-0.3, -0.25) is 0 Å². The van der Waals surface area contributed by atoms with Crippen LogP contribution in [0.25, 0.3) is 0 Å². The molecule has 5 heteroatoms. The number of rotatable bonds is 4. The number of hydrogen-bond acceptors (Lipinski definition) is 3. The quantitative estimate of drug-likeness (QED) is 0.893.